The first-order chi connectivity index (χ1) is 23.8. The highest BCUT2D eigenvalue weighted by Crippen LogP contribution is 2.43. The van der Waals surface area contributed by atoms with E-state index >= 15 is 0 Å². The quantitative estimate of drug-likeness (QED) is 0.0279. The zero-order chi connectivity index (χ0) is 36.1. The van der Waals surface area contributed by atoms with E-state index in [0.717, 1.165) is 77.0 Å². The van der Waals surface area contributed by atoms with Gasteiger partial charge in [0.25, 0.3) is 0 Å². The van der Waals surface area contributed by atoms with Gasteiger partial charge in [-0.05, 0) is 64.2 Å². The molecule has 0 saturated heterocycles. The van der Waals surface area contributed by atoms with Gasteiger partial charge < -0.3 is 20.1 Å². The minimum atomic E-state index is -4.37. The highest BCUT2D eigenvalue weighted by atomic mass is 31.2. The second-order valence-electron chi connectivity index (χ2n) is 13.1. The van der Waals surface area contributed by atoms with E-state index in [0.29, 0.717) is 6.42 Å². The Balaban J connectivity index is 4.20. The topological polar surface area (TPSA) is 134 Å². The molecule has 0 bridgehead atoms. The molecule has 0 saturated carbocycles. The summed E-state index contributed by atoms with van der Waals surface area (Å²) in [5, 5.41) is 0. The van der Waals surface area contributed by atoms with E-state index in [9.17, 15) is 19.0 Å². The van der Waals surface area contributed by atoms with Crippen molar-refractivity contribution in [2.24, 2.45) is 5.73 Å². The van der Waals surface area contributed by atoms with Gasteiger partial charge in [-0.2, -0.15) is 0 Å². The summed E-state index contributed by atoms with van der Waals surface area (Å²) in [4.78, 5) is 34.7. The minimum absolute atomic E-state index is 0.0517. The second-order valence-corrected chi connectivity index (χ2v) is 14.6. The van der Waals surface area contributed by atoms with Gasteiger partial charge >= 0.3 is 19.8 Å². The summed E-state index contributed by atoms with van der Waals surface area (Å²) in [6.45, 7) is 3.68. The van der Waals surface area contributed by atoms with Crippen molar-refractivity contribution in [1.82, 2.24) is 0 Å². The monoisotopic (exact) mass is 716 g/mol. The van der Waals surface area contributed by atoms with Crippen molar-refractivity contribution in [3.05, 3.63) is 24.3 Å². The smallest absolute Gasteiger partial charge is 0.462 e. The molecule has 0 aliphatic carbocycles. The first-order valence-electron chi connectivity index (χ1n) is 19.8. The van der Waals surface area contributed by atoms with E-state index in [1.165, 1.54) is 70.6 Å². The van der Waals surface area contributed by atoms with Crippen LogP contribution in [0.25, 0.3) is 0 Å². The molecule has 0 spiro atoms. The van der Waals surface area contributed by atoms with Crippen LogP contribution in [-0.2, 0) is 32.7 Å². The normalized spacial score (nSPS) is 13.6. The Labute approximate surface area is 300 Å². The van der Waals surface area contributed by atoms with E-state index in [2.05, 4.69) is 38.2 Å². The van der Waals surface area contributed by atoms with Gasteiger partial charge in [-0.25, -0.2) is 4.57 Å². The lowest BCUT2D eigenvalue weighted by Crippen LogP contribution is -2.29. The molecule has 0 aliphatic heterocycles. The van der Waals surface area contributed by atoms with Crippen LogP contribution in [0.4, 0.5) is 0 Å². The van der Waals surface area contributed by atoms with Gasteiger partial charge in [-0.15, -0.1) is 0 Å². The molecule has 0 rings (SSSR count). The van der Waals surface area contributed by atoms with Crippen LogP contribution in [0.3, 0.4) is 0 Å². The maximum atomic E-state index is 12.5. The van der Waals surface area contributed by atoms with Crippen molar-refractivity contribution in [3.63, 3.8) is 0 Å². The summed E-state index contributed by atoms with van der Waals surface area (Å²) in [5.74, 6) is -0.848. The molecule has 0 aromatic rings. The predicted octanol–water partition coefficient (Wildman–Crippen LogP) is 10.8. The third kappa shape index (κ3) is 36.1. The number of allylic oxidation sites excluding steroid dienone is 4. The number of esters is 2. The number of phosphoric acid groups is 1. The summed E-state index contributed by atoms with van der Waals surface area (Å²) >= 11 is 0. The third-order valence-corrected chi connectivity index (χ3v) is 9.29. The summed E-state index contributed by atoms with van der Waals surface area (Å²) in [7, 11) is -4.37. The second kappa shape index (κ2) is 36.3. The van der Waals surface area contributed by atoms with Crippen LogP contribution in [0, 0.1) is 0 Å². The van der Waals surface area contributed by atoms with E-state index in [4.69, 9.17) is 24.3 Å². The van der Waals surface area contributed by atoms with E-state index in [-0.39, 0.29) is 32.6 Å². The number of hydrogen-bond donors (Lipinski definition) is 2. The zero-order valence-electron chi connectivity index (χ0n) is 31.4. The molecule has 0 aromatic heterocycles. The number of nitrogens with two attached hydrogens (primary N) is 1. The van der Waals surface area contributed by atoms with Crippen molar-refractivity contribution >= 4 is 19.8 Å². The van der Waals surface area contributed by atoms with Crippen molar-refractivity contribution in [3.8, 4) is 0 Å². The largest absolute Gasteiger partial charge is 0.472 e. The van der Waals surface area contributed by atoms with Crippen LogP contribution in [0.15, 0.2) is 24.3 Å². The van der Waals surface area contributed by atoms with Crippen LogP contribution < -0.4 is 5.73 Å². The maximum absolute atomic E-state index is 12.5. The van der Waals surface area contributed by atoms with Crippen molar-refractivity contribution in [2.45, 2.75) is 187 Å². The third-order valence-electron chi connectivity index (χ3n) is 8.31. The Hall–Kier alpha value is -1.51. The molecule has 288 valence electrons. The van der Waals surface area contributed by atoms with Crippen LogP contribution in [-0.4, -0.2) is 49.3 Å². The van der Waals surface area contributed by atoms with Crippen LogP contribution in [0.5, 0.6) is 0 Å². The van der Waals surface area contributed by atoms with E-state index in [1.54, 1.807) is 0 Å². The lowest BCUT2D eigenvalue weighted by Gasteiger charge is -2.19. The molecule has 1 unspecified atom stereocenters. The Morgan fingerprint density at radius 2 is 1.00 bits per heavy atom. The summed E-state index contributed by atoms with van der Waals surface area (Å²) in [5.41, 5.74) is 5.33. The lowest BCUT2D eigenvalue weighted by atomic mass is 10.1. The van der Waals surface area contributed by atoms with E-state index in [1.807, 2.05) is 0 Å². The average molecular weight is 716 g/mol. The van der Waals surface area contributed by atoms with Gasteiger partial charge in [0.2, 0.25) is 0 Å². The number of phosphoric ester groups is 1. The maximum Gasteiger partial charge on any atom is 0.472 e. The fourth-order valence-corrected chi connectivity index (χ4v) is 6.09. The molecule has 10 heteroatoms. The Bertz CT molecular complexity index is 866. The summed E-state index contributed by atoms with van der Waals surface area (Å²) in [6, 6.07) is 0. The lowest BCUT2D eigenvalue weighted by molar-refractivity contribution is -0.161. The molecule has 2 atom stereocenters. The molecular formula is C39H74NO8P. The predicted molar refractivity (Wildman–Crippen MR) is 201 cm³/mol. The van der Waals surface area contributed by atoms with Crippen molar-refractivity contribution in [2.75, 3.05) is 26.4 Å². The van der Waals surface area contributed by atoms with Gasteiger partial charge in [0, 0.05) is 19.4 Å². The first-order valence-corrected chi connectivity index (χ1v) is 21.3. The number of hydrogen-bond acceptors (Lipinski definition) is 8. The fourth-order valence-electron chi connectivity index (χ4n) is 5.33. The number of rotatable bonds is 37. The summed E-state index contributed by atoms with van der Waals surface area (Å²) in [6.07, 6.45) is 36.3. The Kier molecular flexibility index (Phi) is 35.2. The minimum Gasteiger partial charge on any atom is -0.462 e. The zero-order valence-corrected chi connectivity index (χ0v) is 32.3. The molecule has 0 fully saturated rings. The highest BCUT2D eigenvalue weighted by molar-refractivity contribution is 7.47. The molecule has 3 N–H and O–H groups in total. The molecule has 49 heavy (non-hydrogen) atoms. The first kappa shape index (κ1) is 47.5. The summed E-state index contributed by atoms with van der Waals surface area (Å²) < 4.78 is 32.6. The number of unbranched alkanes of at least 4 members (excludes halogenated alkanes) is 20. The molecule has 0 aliphatic rings. The molecule has 0 amide bonds. The molecule has 0 radical (unpaired) electrons. The van der Waals surface area contributed by atoms with Gasteiger partial charge in [0.1, 0.15) is 6.61 Å². The van der Waals surface area contributed by atoms with Gasteiger partial charge in [0.05, 0.1) is 13.2 Å². The molecular weight excluding hydrogens is 641 g/mol. The van der Waals surface area contributed by atoms with Crippen LogP contribution >= 0.6 is 7.82 Å². The van der Waals surface area contributed by atoms with Crippen LogP contribution in [0.1, 0.15) is 181 Å². The van der Waals surface area contributed by atoms with Crippen LogP contribution in [0.2, 0.25) is 0 Å². The Morgan fingerprint density at radius 1 is 0.592 bits per heavy atom. The molecule has 9 nitrogen and oxygen atoms in total. The number of ether oxygens (including phenoxy) is 2. The molecule has 0 heterocycles. The van der Waals surface area contributed by atoms with Crippen molar-refractivity contribution in [1.29, 1.82) is 0 Å². The van der Waals surface area contributed by atoms with Gasteiger partial charge in [-0.3, -0.25) is 18.6 Å². The Morgan fingerprint density at radius 3 is 1.49 bits per heavy atom. The average Bonchev–Trinajstić information content (AvgIpc) is 3.08. The van der Waals surface area contributed by atoms with Crippen molar-refractivity contribution < 1.29 is 37.6 Å². The van der Waals surface area contributed by atoms with E-state index < -0.39 is 32.5 Å². The molecule has 0 aromatic carbocycles. The highest BCUT2D eigenvalue weighted by Gasteiger charge is 2.25. The standard InChI is InChI=1S/C39H74NO8P/c1-3-5-7-9-11-13-15-17-18-19-20-22-23-25-27-29-31-38(41)45-35-37(36-47-49(43,44)46-34-33-40)48-39(42)32-30-28-26-24-21-16-14-12-10-8-6-4-2/h12,14,18-19,37H,3-11,13,15-17,20-36,40H2,1-2H3,(H,43,44)/b14-12-,19-18-/t37-/m1/s1. The fraction of sp³-hybridized carbons (Fsp3) is 0.846. The number of carbonyl (C=O) groups is 2. The SMILES string of the molecule is CCCCC/C=C\CCCCCCCC(=O)O[C@H](COC(=O)CCCCCCC/C=C\CCCCCCCCC)COP(=O)(O)OCCN. The van der Waals surface area contributed by atoms with Gasteiger partial charge in [0.15, 0.2) is 6.10 Å². The number of carbonyl (C=O) groups excluding carboxylic acids is 2. The van der Waals surface area contributed by atoms with Gasteiger partial charge in [-0.1, -0.05) is 128 Å².